The summed E-state index contributed by atoms with van der Waals surface area (Å²) < 4.78 is 0. The van der Waals surface area contributed by atoms with E-state index < -0.39 is 0 Å². The second-order valence-corrected chi connectivity index (χ2v) is 6.06. The lowest BCUT2D eigenvalue weighted by atomic mass is 9.85. The number of thiol groups is 2. The normalized spacial score (nSPS) is 10.8. The van der Waals surface area contributed by atoms with E-state index in [4.69, 9.17) is 0 Å². The molecule has 0 aromatic heterocycles. The third kappa shape index (κ3) is 3.34. The molecule has 21 heavy (non-hydrogen) atoms. The molecule has 0 heterocycles. The molecule has 0 aliphatic rings. The highest BCUT2D eigenvalue weighted by Crippen LogP contribution is 2.32. The molecule has 0 nitrogen and oxygen atoms in total. The van der Waals surface area contributed by atoms with Gasteiger partial charge >= 0.3 is 0 Å². The second-order valence-electron chi connectivity index (χ2n) is 5.03. The number of rotatable bonds is 3. The largest absolute Gasteiger partial charge is 0.143 e. The Morgan fingerprint density at radius 3 is 1.29 bits per heavy atom. The molecular weight excluding hydrogens is 292 g/mol. The molecule has 104 valence electrons. The predicted octanol–water partition coefficient (Wildman–Crippen LogP) is 5.44. The van der Waals surface area contributed by atoms with Gasteiger partial charge in [-0.15, -0.1) is 25.3 Å². The van der Waals surface area contributed by atoms with Crippen LogP contribution in [0.1, 0.15) is 22.6 Å². The third-order valence-electron chi connectivity index (χ3n) is 3.59. The topological polar surface area (TPSA) is 0 Å². The van der Waals surface area contributed by atoms with Gasteiger partial charge in [-0.05, 0) is 41.0 Å². The highest BCUT2D eigenvalue weighted by atomic mass is 32.1. The lowest BCUT2D eigenvalue weighted by Crippen LogP contribution is -2.03. The van der Waals surface area contributed by atoms with Crippen LogP contribution in [-0.4, -0.2) is 0 Å². The highest BCUT2D eigenvalue weighted by Gasteiger charge is 2.16. The van der Waals surface area contributed by atoms with Crippen molar-refractivity contribution in [2.75, 3.05) is 0 Å². The van der Waals surface area contributed by atoms with Gasteiger partial charge in [0, 0.05) is 15.7 Å². The molecule has 0 saturated heterocycles. The minimum absolute atomic E-state index is 0.231. The zero-order valence-electron chi connectivity index (χ0n) is 11.5. The van der Waals surface area contributed by atoms with Crippen LogP contribution < -0.4 is 0 Å². The molecule has 2 heteroatoms. The fraction of sp³-hybridized carbons (Fsp3) is 0.0526. The number of benzene rings is 3. The van der Waals surface area contributed by atoms with Gasteiger partial charge in [-0.2, -0.15) is 0 Å². The first-order valence-electron chi connectivity index (χ1n) is 6.87. The Hall–Kier alpha value is -1.64. The Morgan fingerprint density at radius 1 is 0.476 bits per heavy atom. The average Bonchev–Trinajstić information content (AvgIpc) is 2.52. The molecule has 0 atom stereocenters. The highest BCUT2D eigenvalue weighted by molar-refractivity contribution is 7.80. The van der Waals surface area contributed by atoms with Gasteiger partial charge in [0.15, 0.2) is 0 Å². The lowest BCUT2D eigenvalue weighted by Gasteiger charge is -2.19. The van der Waals surface area contributed by atoms with E-state index in [0.717, 1.165) is 9.79 Å². The molecule has 0 amide bonds. The SMILES string of the molecule is Sc1ccc(C(c2ccccc2)c2ccc(S)cc2)cc1. The van der Waals surface area contributed by atoms with Crippen molar-refractivity contribution in [3.05, 3.63) is 95.6 Å². The predicted molar refractivity (Wildman–Crippen MR) is 94.8 cm³/mol. The molecule has 0 spiro atoms. The molecule has 0 aliphatic carbocycles. The Kier molecular flexibility index (Phi) is 4.37. The quantitative estimate of drug-likeness (QED) is 0.467. The first kappa shape index (κ1) is 14.3. The van der Waals surface area contributed by atoms with Crippen LogP contribution >= 0.6 is 25.3 Å². The van der Waals surface area contributed by atoms with Gasteiger partial charge in [0.2, 0.25) is 0 Å². The summed E-state index contributed by atoms with van der Waals surface area (Å²) in [6.07, 6.45) is 0. The first-order chi connectivity index (χ1) is 10.2. The van der Waals surface area contributed by atoms with Crippen molar-refractivity contribution in [2.45, 2.75) is 15.7 Å². The first-order valence-corrected chi connectivity index (χ1v) is 7.76. The molecule has 3 rings (SSSR count). The molecule has 3 aromatic carbocycles. The van der Waals surface area contributed by atoms with E-state index in [9.17, 15) is 0 Å². The summed E-state index contributed by atoms with van der Waals surface area (Å²) in [4.78, 5) is 1.97. The van der Waals surface area contributed by atoms with Gasteiger partial charge in [-0.1, -0.05) is 54.6 Å². The molecule has 0 fully saturated rings. The molecule has 0 saturated carbocycles. The van der Waals surface area contributed by atoms with E-state index in [0.29, 0.717) is 0 Å². The van der Waals surface area contributed by atoms with Gasteiger partial charge in [-0.25, -0.2) is 0 Å². The van der Waals surface area contributed by atoms with Crippen molar-refractivity contribution in [3.8, 4) is 0 Å². The van der Waals surface area contributed by atoms with E-state index in [-0.39, 0.29) is 5.92 Å². The lowest BCUT2D eigenvalue weighted by molar-refractivity contribution is 0.971. The molecule has 0 aliphatic heterocycles. The van der Waals surface area contributed by atoms with Crippen LogP contribution in [0.3, 0.4) is 0 Å². The van der Waals surface area contributed by atoms with Crippen LogP contribution in [0.25, 0.3) is 0 Å². The fourth-order valence-corrected chi connectivity index (χ4v) is 2.85. The van der Waals surface area contributed by atoms with E-state index in [1.807, 2.05) is 30.3 Å². The molecule has 0 unspecified atom stereocenters. The summed E-state index contributed by atoms with van der Waals surface area (Å²) in [6, 6.07) is 27.3. The molecule has 3 aromatic rings. The van der Waals surface area contributed by atoms with Gasteiger partial charge in [-0.3, -0.25) is 0 Å². The molecular formula is C19H16S2. The average molecular weight is 308 g/mol. The van der Waals surface area contributed by atoms with Crippen molar-refractivity contribution < 1.29 is 0 Å². The summed E-state index contributed by atoms with van der Waals surface area (Å²) in [5, 5.41) is 0. The Morgan fingerprint density at radius 2 is 0.857 bits per heavy atom. The maximum absolute atomic E-state index is 4.38. The summed E-state index contributed by atoms with van der Waals surface area (Å²) in [6.45, 7) is 0. The summed E-state index contributed by atoms with van der Waals surface area (Å²) in [7, 11) is 0. The molecule has 0 N–H and O–H groups in total. The summed E-state index contributed by atoms with van der Waals surface area (Å²) in [5.41, 5.74) is 3.83. The number of hydrogen-bond donors (Lipinski definition) is 2. The number of hydrogen-bond acceptors (Lipinski definition) is 2. The zero-order chi connectivity index (χ0) is 14.7. The Balaban J connectivity index is 2.11. The fourth-order valence-electron chi connectivity index (χ4n) is 2.56. The van der Waals surface area contributed by atoms with E-state index in [1.54, 1.807) is 0 Å². The third-order valence-corrected chi connectivity index (χ3v) is 4.18. The van der Waals surface area contributed by atoms with Crippen molar-refractivity contribution in [2.24, 2.45) is 0 Å². The monoisotopic (exact) mass is 308 g/mol. The minimum Gasteiger partial charge on any atom is -0.143 e. The van der Waals surface area contributed by atoms with Crippen LogP contribution in [0.2, 0.25) is 0 Å². The summed E-state index contributed by atoms with van der Waals surface area (Å²) >= 11 is 8.76. The molecule has 0 radical (unpaired) electrons. The van der Waals surface area contributed by atoms with Gasteiger partial charge in [0.1, 0.15) is 0 Å². The van der Waals surface area contributed by atoms with Crippen LogP contribution in [-0.2, 0) is 0 Å². The van der Waals surface area contributed by atoms with Crippen molar-refractivity contribution >= 4 is 25.3 Å². The van der Waals surface area contributed by atoms with Crippen molar-refractivity contribution in [3.63, 3.8) is 0 Å². The van der Waals surface area contributed by atoms with E-state index in [1.165, 1.54) is 16.7 Å². The van der Waals surface area contributed by atoms with Gasteiger partial charge in [0.25, 0.3) is 0 Å². The standard InChI is InChI=1S/C19H16S2/c20-17-10-6-15(7-11-17)19(14-4-2-1-3-5-14)16-8-12-18(21)13-9-16/h1-13,19-21H. The van der Waals surface area contributed by atoms with Gasteiger partial charge in [0.05, 0.1) is 0 Å². The minimum atomic E-state index is 0.231. The smallest absolute Gasteiger partial charge is 0.0340 e. The van der Waals surface area contributed by atoms with E-state index >= 15 is 0 Å². The van der Waals surface area contributed by atoms with Gasteiger partial charge < -0.3 is 0 Å². The second kappa shape index (κ2) is 6.42. The van der Waals surface area contributed by atoms with Crippen molar-refractivity contribution in [1.82, 2.24) is 0 Å². The van der Waals surface area contributed by atoms with Crippen LogP contribution in [0.4, 0.5) is 0 Å². The van der Waals surface area contributed by atoms with Crippen molar-refractivity contribution in [1.29, 1.82) is 0 Å². The molecule has 0 bridgehead atoms. The van der Waals surface area contributed by atoms with E-state index in [2.05, 4.69) is 73.8 Å². The maximum atomic E-state index is 4.38. The zero-order valence-corrected chi connectivity index (χ0v) is 13.3. The van der Waals surface area contributed by atoms with Crippen LogP contribution in [0.15, 0.2) is 88.7 Å². The van der Waals surface area contributed by atoms with Crippen LogP contribution in [0.5, 0.6) is 0 Å². The Labute approximate surface area is 136 Å². The Bertz CT molecular complexity index is 655. The van der Waals surface area contributed by atoms with Crippen LogP contribution in [0, 0.1) is 0 Å². The maximum Gasteiger partial charge on any atom is 0.0340 e. The summed E-state index contributed by atoms with van der Waals surface area (Å²) in [5.74, 6) is 0.231.